The molecule has 200 valence electrons. The third-order valence-corrected chi connectivity index (χ3v) is 7.65. The fourth-order valence-electron chi connectivity index (χ4n) is 5.73. The van der Waals surface area contributed by atoms with E-state index < -0.39 is 11.6 Å². The Bertz CT molecular complexity index is 2170. The number of halogens is 2. The molecule has 6 nitrogen and oxygen atoms in total. The second kappa shape index (κ2) is 10.4. The molecule has 6 rings (SSSR count). The predicted octanol–water partition coefficient (Wildman–Crippen LogP) is 7.58. The third kappa shape index (κ3) is 3.94. The van der Waals surface area contributed by atoms with Crippen LogP contribution in [-0.2, 0) is 0 Å². The van der Waals surface area contributed by atoms with E-state index in [4.69, 9.17) is 0 Å². The van der Waals surface area contributed by atoms with Crippen molar-refractivity contribution in [2.45, 2.75) is 0 Å². The number of nitrogens with zero attached hydrogens (tertiary/aromatic N) is 6. The van der Waals surface area contributed by atoms with E-state index >= 15 is 0 Å². The molecule has 0 N–H and O–H groups in total. The van der Waals surface area contributed by atoms with Crippen LogP contribution in [-0.4, -0.2) is 0 Å². The minimum absolute atomic E-state index is 0.139. The Morgan fingerprint density at radius 1 is 0.432 bits per heavy atom. The summed E-state index contributed by atoms with van der Waals surface area (Å²) in [6.07, 6.45) is 0. The highest BCUT2D eigenvalue weighted by molar-refractivity contribution is 6.38. The standard InChI is InChI=1S/C36H12F2N6/c37-31-7-3-19(9-23(31)13-39)21-1-5-27-29(11-21)33(25(15-41)16-42)36-28-6-2-22(20-4-8-32(38)24(10-20)14-40)12-30(28)34(35(27)36)26(17-43)18-44/h1-12H. The first kappa shape index (κ1) is 27.1. The smallest absolute Gasteiger partial charge is 0.140 e. The fourth-order valence-corrected chi connectivity index (χ4v) is 5.73. The van der Waals surface area contributed by atoms with Crippen LogP contribution in [0.3, 0.4) is 0 Å². The van der Waals surface area contributed by atoms with Gasteiger partial charge in [0.1, 0.15) is 59.2 Å². The van der Waals surface area contributed by atoms with Crippen LogP contribution in [0.25, 0.3) is 44.5 Å². The second-order valence-electron chi connectivity index (χ2n) is 9.83. The highest BCUT2D eigenvalue weighted by Gasteiger charge is 2.40. The van der Waals surface area contributed by atoms with Crippen molar-refractivity contribution in [2.24, 2.45) is 0 Å². The first-order valence-corrected chi connectivity index (χ1v) is 12.9. The molecule has 44 heavy (non-hydrogen) atoms. The molecule has 4 aromatic rings. The molecule has 4 aromatic carbocycles. The van der Waals surface area contributed by atoms with Crippen LogP contribution < -0.4 is 0 Å². The molecule has 8 heteroatoms. The van der Waals surface area contributed by atoms with Crippen molar-refractivity contribution in [3.8, 4) is 58.7 Å². The topological polar surface area (TPSA) is 143 Å². The Kier molecular flexibility index (Phi) is 6.39. The summed E-state index contributed by atoms with van der Waals surface area (Å²) in [7, 11) is 0. The van der Waals surface area contributed by atoms with E-state index in [1.807, 2.05) is 36.4 Å². The van der Waals surface area contributed by atoms with Gasteiger partial charge in [-0.1, -0.05) is 36.4 Å². The SMILES string of the molecule is N#CC(C#N)=C1C2=C(C(=C(C#N)C#N)c3cc(-c4ccc(F)c(C#N)c4)ccc32)c2ccc(-c3ccc(F)c(C#N)c3)cc21. The fraction of sp³-hybridized carbons (Fsp3) is 0. The Morgan fingerprint density at radius 2 is 0.773 bits per heavy atom. The maximum atomic E-state index is 14.0. The van der Waals surface area contributed by atoms with Gasteiger partial charge in [-0.15, -0.1) is 0 Å². The summed E-state index contributed by atoms with van der Waals surface area (Å²) in [5, 5.41) is 58.6. The van der Waals surface area contributed by atoms with Gasteiger partial charge in [0, 0.05) is 22.3 Å². The summed E-state index contributed by atoms with van der Waals surface area (Å²) < 4.78 is 28.1. The highest BCUT2D eigenvalue weighted by Crippen LogP contribution is 2.59. The molecule has 0 fully saturated rings. The maximum Gasteiger partial charge on any atom is 0.140 e. The number of allylic oxidation sites excluding steroid dienone is 6. The largest absolute Gasteiger partial charge is 0.206 e. The van der Waals surface area contributed by atoms with Crippen molar-refractivity contribution in [1.82, 2.24) is 0 Å². The molecule has 0 heterocycles. The van der Waals surface area contributed by atoms with Crippen LogP contribution in [0.15, 0.2) is 83.9 Å². The molecule has 0 aliphatic heterocycles. The van der Waals surface area contributed by atoms with E-state index in [0.29, 0.717) is 66.8 Å². The number of rotatable bonds is 2. The van der Waals surface area contributed by atoms with Crippen LogP contribution in [0, 0.1) is 79.6 Å². The first-order chi connectivity index (χ1) is 21.4. The lowest BCUT2D eigenvalue weighted by Gasteiger charge is -2.15. The van der Waals surface area contributed by atoms with E-state index in [1.165, 1.54) is 36.4 Å². The summed E-state index contributed by atoms with van der Waals surface area (Å²) in [6.45, 7) is 0. The monoisotopic (exact) mass is 566 g/mol. The molecule has 0 aromatic heterocycles. The normalized spacial score (nSPS) is 12.0. The van der Waals surface area contributed by atoms with Gasteiger partial charge in [-0.3, -0.25) is 0 Å². The minimum atomic E-state index is -0.661. The molecule has 0 saturated carbocycles. The molecule has 0 spiro atoms. The highest BCUT2D eigenvalue weighted by atomic mass is 19.1. The average molecular weight is 567 g/mol. The molecule has 2 aliphatic carbocycles. The summed E-state index contributed by atoms with van der Waals surface area (Å²) in [5.41, 5.74) is 5.44. The number of fused-ring (bicyclic) bond motifs is 4. The van der Waals surface area contributed by atoms with Gasteiger partial charge in [0.2, 0.25) is 0 Å². The zero-order chi connectivity index (χ0) is 31.1. The van der Waals surface area contributed by atoms with Gasteiger partial charge in [-0.2, -0.15) is 31.6 Å². The summed E-state index contributed by atoms with van der Waals surface area (Å²) in [6, 6.07) is 30.2. The molecule has 0 atom stereocenters. The number of hydrogen-bond donors (Lipinski definition) is 0. The van der Waals surface area contributed by atoms with Crippen molar-refractivity contribution in [1.29, 1.82) is 31.6 Å². The summed E-state index contributed by atoms with van der Waals surface area (Å²) in [4.78, 5) is 0. The first-order valence-electron chi connectivity index (χ1n) is 12.9. The number of benzene rings is 4. The Hall–Kier alpha value is -7.10. The maximum absolute atomic E-state index is 14.0. The van der Waals surface area contributed by atoms with Crippen LogP contribution in [0.2, 0.25) is 0 Å². The van der Waals surface area contributed by atoms with Gasteiger partial charge in [-0.25, -0.2) is 8.78 Å². The zero-order valence-corrected chi connectivity index (χ0v) is 22.4. The van der Waals surface area contributed by atoms with Crippen molar-refractivity contribution in [2.75, 3.05) is 0 Å². The van der Waals surface area contributed by atoms with Crippen LogP contribution >= 0.6 is 0 Å². The lowest BCUT2D eigenvalue weighted by molar-refractivity contribution is 0.624. The van der Waals surface area contributed by atoms with Gasteiger partial charge >= 0.3 is 0 Å². The zero-order valence-electron chi connectivity index (χ0n) is 22.4. The van der Waals surface area contributed by atoms with E-state index in [-0.39, 0.29) is 22.3 Å². The van der Waals surface area contributed by atoms with Gasteiger partial charge in [0.15, 0.2) is 0 Å². The molecule has 0 amide bonds. The molecule has 2 aliphatic rings. The van der Waals surface area contributed by atoms with Gasteiger partial charge in [0.25, 0.3) is 0 Å². The number of hydrogen-bond acceptors (Lipinski definition) is 6. The van der Waals surface area contributed by atoms with E-state index in [0.717, 1.165) is 0 Å². The van der Waals surface area contributed by atoms with Gasteiger partial charge < -0.3 is 0 Å². The molecular weight excluding hydrogens is 554 g/mol. The van der Waals surface area contributed by atoms with Crippen LogP contribution in [0.4, 0.5) is 8.78 Å². The van der Waals surface area contributed by atoms with E-state index in [2.05, 4.69) is 0 Å². The van der Waals surface area contributed by atoms with Crippen molar-refractivity contribution < 1.29 is 8.78 Å². The van der Waals surface area contributed by atoms with E-state index in [1.54, 1.807) is 36.4 Å². The second-order valence-corrected chi connectivity index (χ2v) is 9.83. The molecule has 0 radical (unpaired) electrons. The van der Waals surface area contributed by atoms with Crippen LogP contribution in [0.1, 0.15) is 33.4 Å². The lowest BCUT2D eigenvalue weighted by atomic mass is 9.87. The average Bonchev–Trinajstić information content (AvgIpc) is 3.55. The van der Waals surface area contributed by atoms with Crippen LogP contribution in [0.5, 0.6) is 0 Å². The van der Waals surface area contributed by atoms with Crippen molar-refractivity contribution in [3.63, 3.8) is 0 Å². The lowest BCUT2D eigenvalue weighted by Crippen LogP contribution is -1.97. The molecular formula is C36H12F2N6. The Labute approximate surface area is 250 Å². The molecule has 0 unspecified atom stereocenters. The Balaban J connectivity index is 1.63. The summed E-state index contributed by atoms with van der Waals surface area (Å²) >= 11 is 0. The van der Waals surface area contributed by atoms with Crippen molar-refractivity contribution >= 4 is 22.3 Å². The van der Waals surface area contributed by atoms with Crippen molar-refractivity contribution in [3.05, 3.63) is 129 Å². The quantitative estimate of drug-likeness (QED) is 0.229. The molecule has 0 saturated heterocycles. The van der Waals surface area contributed by atoms with E-state index in [9.17, 15) is 40.4 Å². The molecule has 0 bridgehead atoms. The minimum Gasteiger partial charge on any atom is -0.206 e. The third-order valence-electron chi connectivity index (χ3n) is 7.65. The summed E-state index contributed by atoms with van der Waals surface area (Å²) in [5.74, 6) is -1.32. The Morgan fingerprint density at radius 3 is 1.11 bits per heavy atom. The van der Waals surface area contributed by atoms with Gasteiger partial charge in [-0.05, 0) is 80.9 Å². The predicted molar refractivity (Wildman–Crippen MR) is 156 cm³/mol. The number of nitriles is 6. The van der Waals surface area contributed by atoms with Gasteiger partial charge in [0.05, 0.1) is 11.1 Å².